The molecule has 0 spiro atoms. The molecule has 0 aliphatic heterocycles. The molecule has 0 radical (unpaired) electrons. The van der Waals surface area contributed by atoms with Gasteiger partial charge in [0.1, 0.15) is 17.0 Å². The Morgan fingerprint density at radius 3 is 1.68 bits per heavy atom. The van der Waals surface area contributed by atoms with Crippen molar-refractivity contribution in [3.8, 4) is 0 Å². The molecule has 0 aromatic heterocycles. The van der Waals surface area contributed by atoms with Gasteiger partial charge in [0.15, 0.2) is 11.6 Å². The standard InChI is InChI=1S/C31H25F3O3/c1-3-36-30(35)25-19-26(32)27(29(34)28(25)33)21(2)20-37-31(22-13-7-4-8-14-22,23-15-9-5-10-16-23)24-17-11-6-12-18-24/h4-19H,2-3,20H2,1H3. The van der Waals surface area contributed by atoms with Gasteiger partial charge in [-0.25, -0.2) is 18.0 Å². The number of carbonyl (C=O) groups excluding carboxylic acids is 1. The lowest BCUT2D eigenvalue weighted by molar-refractivity contribution is 0.0354. The predicted molar refractivity (Wildman–Crippen MR) is 136 cm³/mol. The van der Waals surface area contributed by atoms with E-state index < -0.39 is 40.1 Å². The van der Waals surface area contributed by atoms with Crippen molar-refractivity contribution in [2.75, 3.05) is 13.2 Å². The molecule has 0 N–H and O–H groups in total. The predicted octanol–water partition coefficient (Wildman–Crippen LogP) is 7.30. The van der Waals surface area contributed by atoms with E-state index in [1.165, 1.54) is 6.92 Å². The van der Waals surface area contributed by atoms with Crippen molar-refractivity contribution in [3.63, 3.8) is 0 Å². The van der Waals surface area contributed by atoms with Crippen LogP contribution in [0, 0.1) is 17.5 Å². The maximum Gasteiger partial charge on any atom is 0.341 e. The summed E-state index contributed by atoms with van der Waals surface area (Å²) in [6, 6.07) is 28.9. The Kier molecular flexibility index (Phi) is 7.89. The van der Waals surface area contributed by atoms with Gasteiger partial charge in [0.25, 0.3) is 0 Å². The lowest BCUT2D eigenvalue weighted by atomic mass is 9.80. The fourth-order valence-electron chi connectivity index (χ4n) is 4.31. The third-order valence-electron chi connectivity index (χ3n) is 6.01. The summed E-state index contributed by atoms with van der Waals surface area (Å²) < 4.78 is 56.0. The average Bonchev–Trinajstić information content (AvgIpc) is 2.93. The Morgan fingerprint density at radius 1 is 0.784 bits per heavy atom. The summed E-state index contributed by atoms with van der Waals surface area (Å²) in [4.78, 5) is 11.9. The van der Waals surface area contributed by atoms with Crippen LogP contribution in [0.1, 0.15) is 39.5 Å². The number of rotatable bonds is 9. The van der Waals surface area contributed by atoms with Crippen LogP contribution in [0.15, 0.2) is 104 Å². The van der Waals surface area contributed by atoms with Gasteiger partial charge in [0.2, 0.25) is 0 Å². The van der Waals surface area contributed by atoms with Crippen LogP contribution in [-0.2, 0) is 15.1 Å². The van der Waals surface area contributed by atoms with E-state index in [-0.39, 0.29) is 18.8 Å². The van der Waals surface area contributed by atoms with Gasteiger partial charge in [-0.1, -0.05) is 97.6 Å². The smallest absolute Gasteiger partial charge is 0.341 e. The van der Waals surface area contributed by atoms with Crippen LogP contribution in [0.4, 0.5) is 13.2 Å². The van der Waals surface area contributed by atoms with E-state index in [1.54, 1.807) is 0 Å². The highest BCUT2D eigenvalue weighted by Gasteiger charge is 2.38. The van der Waals surface area contributed by atoms with E-state index in [0.29, 0.717) is 6.07 Å². The van der Waals surface area contributed by atoms with Crippen molar-refractivity contribution in [1.29, 1.82) is 0 Å². The minimum absolute atomic E-state index is 0.0651. The maximum atomic E-state index is 15.0. The Bertz CT molecular complexity index is 1290. The number of halogens is 3. The van der Waals surface area contributed by atoms with Crippen LogP contribution < -0.4 is 0 Å². The summed E-state index contributed by atoms with van der Waals surface area (Å²) in [6.45, 7) is 4.90. The monoisotopic (exact) mass is 502 g/mol. The lowest BCUT2D eigenvalue weighted by Crippen LogP contribution is -2.33. The first-order valence-electron chi connectivity index (χ1n) is 11.7. The lowest BCUT2D eigenvalue weighted by Gasteiger charge is -2.36. The van der Waals surface area contributed by atoms with Crippen molar-refractivity contribution in [2.45, 2.75) is 12.5 Å². The Labute approximate surface area is 213 Å². The Balaban J connectivity index is 1.79. The number of hydrogen-bond acceptors (Lipinski definition) is 3. The fourth-order valence-corrected chi connectivity index (χ4v) is 4.31. The van der Waals surface area contributed by atoms with E-state index in [1.807, 2.05) is 91.0 Å². The van der Waals surface area contributed by atoms with Gasteiger partial charge in [-0.2, -0.15) is 0 Å². The van der Waals surface area contributed by atoms with E-state index in [4.69, 9.17) is 9.47 Å². The minimum atomic E-state index is -1.53. The van der Waals surface area contributed by atoms with Gasteiger partial charge in [-0.05, 0) is 35.3 Å². The highest BCUT2D eigenvalue weighted by Crippen LogP contribution is 2.41. The molecule has 188 valence electrons. The molecule has 0 fully saturated rings. The van der Waals surface area contributed by atoms with E-state index >= 15 is 4.39 Å². The first-order chi connectivity index (χ1) is 17.9. The molecule has 6 heteroatoms. The summed E-state index contributed by atoms with van der Waals surface area (Å²) in [5.74, 6) is -5.32. The quantitative estimate of drug-likeness (QED) is 0.137. The summed E-state index contributed by atoms with van der Waals surface area (Å²) in [5.41, 5.74) is -0.449. The van der Waals surface area contributed by atoms with Crippen molar-refractivity contribution in [2.24, 2.45) is 0 Å². The highest BCUT2D eigenvalue weighted by atomic mass is 19.2. The molecule has 4 aromatic carbocycles. The van der Waals surface area contributed by atoms with E-state index in [2.05, 4.69) is 6.58 Å². The molecule has 3 nitrogen and oxygen atoms in total. The van der Waals surface area contributed by atoms with Gasteiger partial charge < -0.3 is 9.47 Å². The highest BCUT2D eigenvalue weighted by molar-refractivity contribution is 5.90. The molecule has 0 saturated heterocycles. The van der Waals surface area contributed by atoms with Gasteiger partial charge in [-0.15, -0.1) is 0 Å². The zero-order chi connectivity index (χ0) is 26.4. The first kappa shape index (κ1) is 25.9. The first-order valence-corrected chi connectivity index (χ1v) is 11.7. The second kappa shape index (κ2) is 11.3. The summed E-state index contributed by atoms with van der Waals surface area (Å²) >= 11 is 0. The SMILES string of the molecule is C=C(COC(c1ccccc1)(c1ccccc1)c1ccccc1)c1c(F)cc(C(=O)OCC)c(F)c1F. The van der Waals surface area contributed by atoms with E-state index in [9.17, 15) is 13.6 Å². The number of hydrogen-bond donors (Lipinski definition) is 0. The van der Waals surface area contributed by atoms with Gasteiger partial charge in [0, 0.05) is 0 Å². The summed E-state index contributed by atoms with van der Waals surface area (Å²) in [5, 5.41) is 0. The largest absolute Gasteiger partial charge is 0.462 e. The molecule has 37 heavy (non-hydrogen) atoms. The zero-order valence-electron chi connectivity index (χ0n) is 20.2. The van der Waals surface area contributed by atoms with Crippen LogP contribution in [-0.4, -0.2) is 19.2 Å². The molecule has 0 heterocycles. The normalized spacial score (nSPS) is 11.2. The Hall–Kier alpha value is -4.16. The van der Waals surface area contributed by atoms with Crippen LogP contribution in [0.25, 0.3) is 5.57 Å². The van der Waals surface area contributed by atoms with Crippen LogP contribution in [0.5, 0.6) is 0 Å². The van der Waals surface area contributed by atoms with Crippen LogP contribution in [0.2, 0.25) is 0 Å². The van der Waals surface area contributed by atoms with Crippen molar-refractivity contribution < 1.29 is 27.4 Å². The Morgan fingerprint density at radius 2 is 1.24 bits per heavy atom. The number of ether oxygens (including phenoxy) is 2. The third-order valence-corrected chi connectivity index (χ3v) is 6.01. The van der Waals surface area contributed by atoms with Crippen molar-refractivity contribution in [3.05, 3.63) is 149 Å². The molecule has 0 aliphatic carbocycles. The molecule has 0 bridgehead atoms. The average molecular weight is 503 g/mol. The second-order valence-electron chi connectivity index (χ2n) is 8.30. The maximum absolute atomic E-state index is 15.0. The molecular weight excluding hydrogens is 477 g/mol. The number of benzene rings is 4. The molecule has 0 unspecified atom stereocenters. The molecule has 0 amide bonds. The zero-order valence-corrected chi connectivity index (χ0v) is 20.2. The minimum Gasteiger partial charge on any atom is -0.462 e. The number of carbonyl (C=O) groups is 1. The molecule has 4 aromatic rings. The van der Waals surface area contributed by atoms with Gasteiger partial charge >= 0.3 is 5.97 Å². The molecular formula is C31H25F3O3. The molecule has 0 saturated carbocycles. The van der Waals surface area contributed by atoms with Gasteiger partial charge in [0.05, 0.1) is 18.8 Å². The fraction of sp³-hybridized carbons (Fsp3) is 0.129. The van der Waals surface area contributed by atoms with Crippen LogP contribution in [0.3, 0.4) is 0 Å². The second-order valence-corrected chi connectivity index (χ2v) is 8.30. The van der Waals surface area contributed by atoms with Crippen molar-refractivity contribution in [1.82, 2.24) is 0 Å². The molecule has 4 rings (SSSR count). The molecule has 0 aliphatic rings. The van der Waals surface area contributed by atoms with Gasteiger partial charge in [-0.3, -0.25) is 0 Å². The summed E-state index contributed by atoms with van der Waals surface area (Å²) in [6.07, 6.45) is 0. The number of esters is 1. The van der Waals surface area contributed by atoms with Crippen molar-refractivity contribution >= 4 is 11.5 Å². The van der Waals surface area contributed by atoms with E-state index in [0.717, 1.165) is 16.7 Å². The third kappa shape index (κ3) is 5.06. The molecule has 0 atom stereocenters. The van der Waals surface area contributed by atoms with Crippen LogP contribution >= 0.6 is 0 Å². The summed E-state index contributed by atoms with van der Waals surface area (Å²) in [7, 11) is 0. The topological polar surface area (TPSA) is 35.5 Å².